The van der Waals surface area contributed by atoms with Gasteiger partial charge in [-0.2, -0.15) is 0 Å². The minimum absolute atomic E-state index is 0.0449. The zero-order chi connectivity index (χ0) is 27.0. The van der Waals surface area contributed by atoms with Crippen LogP contribution in [-0.2, 0) is 31.7 Å². The standard InChI is InChI=1S/C23H36N2O10S/c1-5-8-25(9-10-36(4)32)23(31)33-12-14-6-7-16(15(11-14)24-13(2)3)34-22-19(28)17(26)18(27)20(35-22)21(29)30/h6-7,11,13,17-20,22,24,26-28H,5,8-10,12H2,1-4H3,(H,29,30). The number of carboxylic acids is 1. The number of carbonyl (C=O) groups excluding carboxylic acids is 1. The van der Waals surface area contributed by atoms with Crippen molar-refractivity contribution in [2.24, 2.45) is 0 Å². The first-order chi connectivity index (χ1) is 16.9. The summed E-state index contributed by atoms with van der Waals surface area (Å²) in [5, 5.41) is 42.6. The molecule has 5 N–H and O–H groups in total. The van der Waals surface area contributed by atoms with Crippen LogP contribution in [0.25, 0.3) is 0 Å². The highest BCUT2D eigenvalue weighted by atomic mass is 32.2. The highest BCUT2D eigenvalue weighted by molar-refractivity contribution is 7.84. The molecule has 2 rings (SSSR count). The smallest absolute Gasteiger partial charge is 0.410 e. The second-order valence-electron chi connectivity index (χ2n) is 8.80. The molecule has 1 fully saturated rings. The summed E-state index contributed by atoms with van der Waals surface area (Å²) in [6.07, 6.45) is -6.89. The molecule has 36 heavy (non-hydrogen) atoms. The lowest BCUT2D eigenvalue weighted by Gasteiger charge is -2.38. The third-order valence-corrected chi connectivity index (χ3v) is 6.06. The molecule has 13 heteroatoms. The molecule has 6 atom stereocenters. The fraction of sp³-hybridized carbons (Fsp3) is 0.652. The van der Waals surface area contributed by atoms with E-state index in [9.17, 15) is 34.2 Å². The number of hydrogen-bond acceptors (Lipinski definition) is 10. The Morgan fingerprint density at radius 3 is 2.44 bits per heavy atom. The third-order valence-electron chi connectivity index (χ3n) is 5.31. The Labute approximate surface area is 212 Å². The SMILES string of the molecule is CCCN(CCS(C)=O)C(=O)OCc1ccc(OC2OC(C(=O)O)C(O)C(O)C2O)c(NC(C)C)c1. The van der Waals surface area contributed by atoms with Gasteiger partial charge in [0.15, 0.2) is 6.10 Å². The van der Waals surface area contributed by atoms with Crippen LogP contribution in [0.5, 0.6) is 5.75 Å². The number of carbonyl (C=O) groups is 2. The number of nitrogens with one attached hydrogen (secondary N) is 1. The average Bonchev–Trinajstić information content (AvgIpc) is 2.81. The van der Waals surface area contributed by atoms with E-state index in [1.807, 2.05) is 20.8 Å². The molecule has 204 valence electrons. The molecule has 0 bridgehead atoms. The molecular formula is C23H36N2O10S. The molecule has 0 spiro atoms. The number of benzene rings is 1. The number of anilines is 1. The van der Waals surface area contributed by atoms with Gasteiger partial charge in [-0.15, -0.1) is 0 Å². The number of nitrogens with zero attached hydrogens (tertiary/aromatic N) is 1. The monoisotopic (exact) mass is 532 g/mol. The van der Waals surface area contributed by atoms with Crippen molar-refractivity contribution in [3.8, 4) is 5.75 Å². The third kappa shape index (κ3) is 8.30. The van der Waals surface area contributed by atoms with Gasteiger partial charge >= 0.3 is 12.1 Å². The van der Waals surface area contributed by atoms with Crippen LogP contribution in [0.4, 0.5) is 10.5 Å². The summed E-state index contributed by atoms with van der Waals surface area (Å²) in [6.45, 7) is 6.44. The van der Waals surface area contributed by atoms with Crippen LogP contribution < -0.4 is 10.1 Å². The number of amides is 1. The molecule has 1 heterocycles. The summed E-state index contributed by atoms with van der Waals surface area (Å²) in [6, 6.07) is 4.77. The largest absolute Gasteiger partial charge is 0.479 e. The van der Waals surface area contributed by atoms with E-state index in [2.05, 4.69) is 5.32 Å². The summed E-state index contributed by atoms with van der Waals surface area (Å²) >= 11 is 0. The number of aliphatic hydroxyl groups is 3. The number of aliphatic carboxylic acids is 1. The number of hydrogen-bond donors (Lipinski definition) is 5. The van der Waals surface area contributed by atoms with Gasteiger partial charge in [0.05, 0.1) is 5.69 Å². The first-order valence-electron chi connectivity index (χ1n) is 11.6. The van der Waals surface area contributed by atoms with Gasteiger partial charge in [0.2, 0.25) is 6.29 Å². The zero-order valence-electron chi connectivity index (χ0n) is 20.8. The van der Waals surface area contributed by atoms with E-state index in [-0.39, 0.29) is 18.4 Å². The highest BCUT2D eigenvalue weighted by Crippen LogP contribution is 2.31. The van der Waals surface area contributed by atoms with Crippen LogP contribution >= 0.6 is 0 Å². The Balaban J connectivity index is 2.16. The molecule has 0 radical (unpaired) electrons. The van der Waals surface area contributed by atoms with E-state index in [1.165, 1.54) is 11.0 Å². The number of ether oxygens (including phenoxy) is 3. The Hall–Kier alpha value is -2.45. The van der Waals surface area contributed by atoms with E-state index in [0.717, 1.165) is 6.42 Å². The summed E-state index contributed by atoms with van der Waals surface area (Å²) in [5.74, 6) is -0.969. The van der Waals surface area contributed by atoms with Gasteiger partial charge in [-0.1, -0.05) is 13.0 Å². The Bertz CT molecular complexity index is 915. The second kappa shape index (κ2) is 13.7. The Morgan fingerprint density at radius 1 is 1.17 bits per heavy atom. The minimum atomic E-state index is -1.83. The van der Waals surface area contributed by atoms with Gasteiger partial charge in [0.1, 0.15) is 30.7 Å². The van der Waals surface area contributed by atoms with Gasteiger partial charge in [-0.3, -0.25) is 4.21 Å². The molecule has 1 amide bonds. The lowest BCUT2D eigenvalue weighted by Crippen LogP contribution is -2.61. The molecule has 1 aromatic rings. The van der Waals surface area contributed by atoms with Crippen LogP contribution in [0.1, 0.15) is 32.8 Å². The predicted molar refractivity (Wildman–Crippen MR) is 131 cm³/mol. The zero-order valence-corrected chi connectivity index (χ0v) is 21.6. The van der Waals surface area contributed by atoms with Crippen molar-refractivity contribution >= 4 is 28.5 Å². The molecule has 12 nitrogen and oxygen atoms in total. The van der Waals surface area contributed by atoms with Gasteiger partial charge in [0, 0.05) is 41.9 Å². The molecule has 1 aliphatic rings. The molecule has 1 saturated heterocycles. The summed E-state index contributed by atoms with van der Waals surface area (Å²) in [7, 11) is -1.03. The molecule has 6 unspecified atom stereocenters. The fourth-order valence-electron chi connectivity index (χ4n) is 3.51. The maximum atomic E-state index is 12.5. The van der Waals surface area contributed by atoms with Crippen LogP contribution in [0.15, 0.2) is 18.2 Å². The Morgan fingerprint density at radius 2 is 1.86 bits per heavy atom. The minimum Gasteiger partial charge on any atom is -0.479 e. The van der Waals surface area contributed by atoms with E-state index in [1.54, 1.807) is 18.4 Å². The van der Waals surface area contributed by atoms with Crippen molar-refractivity contribution in [3.63, 3.8) is 0 Å². The second-order valence-corrected chi connectivity index (χ2v) is 10.4. The van der Waals surface area contributed by atoms with E-state index >= 15 is 0 Å². The van der Waals surface area contributed by atoms with Gasteiger partial charge in [-0.05, 0) is 38.0 Å². The molecular weight excluding hydrogens is 496 g/mol. The van der Waals surface area contributed by atoms with Crippen molar-refractivity contribution in [1.29, 1.82) is 0 Å². The van der Waals surface area contributed by atoms with E-state index in [0.29, 0.717) is 30.1 Å². The quantitative estimate of drug-likeness (QED) is 0.253. The molecule has 0 aliphatic carbocycles. The maximum Gasteiger partial charge on any atom is 0.410 e. The molecule has 0 aromatic heterocycles. The van der Waals surface area contributed by atoms with Crippen LogP contribution in [-0.4, -0.2) is 103 Å². The molecule has 1 aliphatic heterocycles. The van der Waals surface area contributed by atoms with E-state index < -0.39 is 53.6 Å². The lowest BCUT2D eigenvalue weighted by atomic mass is 9.99. The van der Waals surface area contributed by atoms with Gasteiger partial charge < -0.3 is 44.9 Å². The van der Waals surface area contributed by atoms with Crippen molar-refractivity contribution in [2.45, 2.75) is 70.5 Å². The number of aliphatic hydroxyl groups excluding tert-OH is 3. The first kappa shape index (κ1) is 29.8. The maximum absolute atomic E-state index is 12.5. The van der Waals surface area contributed by atoms with Crippen molar-refractivity contribution < 1.29 is 48.4 Å². The van der Waals surface area contributed by atoms with Crippen molar-refractivity contribution in [1.82, 2.24) is 4.90 Å². The Kier molecular flexibility index (Phi) is 11.4. The fourth-order valence-corrected chi connectivity index (χ4v) is 3.98. The number of carboxylic acid groups (broad SMARTS) is 1. The molecule has 1 aromatic carbocycles. The first-order valence-corrected chi connectivity index (χ1v) is 13.4. The van der Waals surface area contributed by atoms with Crippen LogP contribution in [0.3, 0.4) is 0 Å². The van der Waals surface area contributed by atoms with E-state index in [4.69, 9.17) is 14.2 Å². The topological polar surface area (TPSA) is 175 Å². The summed E-state index contributed by atoms with van der Waals surface area (Å²) in [4.78, 5) is 25.4. The molecule has 0 saturated carbocycles. The normalized spacial score (nSPS) is 24.7. The van der Waals surface area contributed by atoms with Crippen molar-refractivity contribution in [3.05, 3.63) is 23.8 Å². The lowest BCUT2D eigenvalue weighted by molar-refractivity contribution is -0.271. The highest BCUT2D eigenvalue weighted by Gasteiger charge is 2.48. The van der Waals surface area contributed by atoms with Crippen LogP contribution in [0.2, 0.25) is 0 Å². The van der Waals surface area contributed by atoms with Gasteiger partial charge in [0.25, 0.3) is 0 Å². The predicted octanol–water partition coefficient (Wildman–Crippen LogP) is 0.505. The summed E-state index contributed by atoms with van der Waals surface area (Å²) < 4.78 is 27.7. The van der Waals surface area contributed by atoms with Crippen LogP contribution in [0, 0.1) is 0 Å². The number of rotatable bonds is 12. The summed E-state index contributed by atoms with van der Waals surface area (Å²) in [5.41, 5.74) is 1.08. The average molecular weight is 533 g/mol. The van der Waals surface area contributed by atoms with Gasteiger partial charge in [-0.25, -0.2) is 9.59 Å². The van der Waals surface area contributed by atoms with Crippen molar-refractivity contribution in [2.75, 3.05) is 30.4 Å².